The first kappa shape index (κ1) is 37.2. The van der Waals surface area contributed by atoms with Crippen LogP contribution in [0.3, 0.4) is 0 Å². The second kappa shape index (κ2) is 29.7. The van der Waals surface area contributed by atoms with Gasteiger partial charge < -0.3 is 4.74 Å². The molecule has 0 N–H and O–H groups in total. The summed E-state index contributed by atoms with van der Waals surface area (Å²) in [6.07, 6.45) is 45.2. The van der Waals surface area contributed by atoms with Crippen LogP contribution in [0.4, 0.5) is 0 Å². The minimum Gasteiger partial charge on any atom is -0.430 e. The first-order valence-corrected chi connectivity index (χ1v) is 18.7. The summed E-state index contributed by atoms with van der Waals surface area (Å²) in [5, 5.41) is 0. The summed E-state index contributed by atoms with van der Waals surface area (Å²) in [5.74, 6) is 1.00. The number of esters is 1. The van der Waals surface area contributed by atoms with Crippen molar-refractivity contribution >= 4 is 5.97 Å². The van der Waals surface area contributed by atoms with Gasteiger partial charge in [0.25, 0.3) is 0 Å². The Labute approximate surface area is 252 Å². The number of rotatable bonds is 32. The van der Waals surface area contributed by atoms with E-state index in [-0.39, 0.29) is 5.97 Å². The van der Waals surface area contributed by atoms with Gasteiger partial charge in [-0.3, -0.25) is 4.79 Å². The molecule has 0 aromatic heterocycles. The summed E-state index contributed by atoms with van der Waals surface area (Å²) in [6.45, 7) is 4.59. The average molecular weight is 561 g/mol. The number of hydrogen-bond acceptors (Lipinski definition) is 2. The molecule has 1 saturated heterocycles. The molecule has 236 valence electrons. The van der Waals surface area contributed by atoms with E-state index in [9.17, 15) is 4.79 Å². The zero-order valence-corrected chi connectivity index (χ0v) is 27.7. The lowest BCUT2D eigenvalue weighted by Crippen LogP contribution is -2.19. The van der Waals surface area contributed by atoms with Crippen molar-refractivity contribution in [3.8, 4) is 0 Å². The van der Waals surface area contributed by atoms with E-state index in [1.165, 1.54) is 198 Å². The fraction of sp³-hybridized carbons (Fsp3) is 0.921. The lowest BCUT2D eigenvalue weighted by Gasteiger charge is -2.21. The van der Waals surface area contributed by atoms with Crippen molar-refractivity contribution in [1.82, 2.24) is 0 Å². The third kappa shape index (κ3) is 23.9. The third-order valence-electron chi connectivity index (χ3n) is 9.10. The van der Waals surface area contributed by atoms with Crippen LogP contribution in [0.1, 0.15) is 226 Å². The average Bonchev–Trinajstić information content (AvgIpc) is 2.94. The number of hydrogen-bond donors (Lipinski definition) is 0. The van der Waals surface area contributed by atoms with E-state index < -0.39 is 0 Å². The lowest BCUT2D eigenvalue weighted by atomic mass is 9.96. The predicted octanol–water partition coefficient (Wildman–Crippen LogP) is 13.7. The van der Waals surface area contributed by atoms with E-state index in [0.29, 0.717) is 6.42 Å². The molecule has 1 rings (SSSR count). The van der Waals surface area contributed by atoms with Gasteiger partial charge in [0.05, 0.1) is 0 Å². The van der Waals surface area contributed by atoms with Crippen molar-refractivity contribution in [2.45, 2.75) is 226 Å². The summed E-state index contributed by atoms with van der Waals surface area (Å²) < 4.78 is 5.39. The molecule has 0 aliphatic carbocycles. The smallest absolute Gasteiger partial charge is 0.318 e. The molecule has 0 amide bonds. The van der Waals surface area contributed by atoms with E-state index in [4.69, 9.17) is 4.74 Å². The quantitative estimate of drug-likeness (QED) is 0.0604. The molecule has 0 saturated carbocycles. The molecule has 0 aromatic carbocycles. The normalized spacial score (nSPS) is 14.4. The van der Waals surface area contributed by atoms with Gasteiger partial charge in [-0.25, -0.2) is 0 Å². The molecule has 0 spiro atoms. The Morgan fingerprint density at radius 3 is 0.875 bits per heavy atom. The largest absolute Gasteiger partial charge is 0.430 e. The van der Waals surface area contributed by atoms with Crippen LogP contribution in [0.2, 0.25) is 0 Å². The van der Waals surface area contributed by atoms with Crippen molar-refractivity contribution in [1.29, 1.82) is 0 Å². The lowest BCUT2D eigenvalue weighted by molar-refractivity contribution is -0.148. The zero-order chi connectivity index (χ0) is 28.8. The Kier molecular flexibility index (Phi) is 27.6. The Morgan fingerprint density at radius 1 is 0.425 bits per heavy atom. The minimum absolute atomic E-state index is 0.0274. The fourth-order valence-electron chi connectivity index (χ4n) is 6.28. The molecule has 1 heterocycles. The third-order valence-corrected chi connectivity index (χ3v) is 9.10. The number of allylic oxidation sites excluding steroid dienone is 1. The van der Waals surface area contributed by atoms with E-state index in [0.717, 1.165) is 18.6 Å². The predicted molar refractivity (Wildman–Crippen MR) is 177 cm³/mol. The maximum Gasteiger partial charge on any atom is 0.318 e. The Bertz CT molecular complexity index is 568. The van der Waals surface area contributed by atoms with Gasteiger partial charge in [0.2, 0.25) is 0 Å². The summed E-state index contributed by atoms with van der Waals surface area (Å²) in [4.78, 5) is 11.4. The minimum atomic E-state index is -0.0274. The van der Waals surface area contributed by atoms with Crippen LogP contribution < -0.4 is 0 Å². The van der Waals surface area contributed by atoms with Crippen LogP contribution in [0.15, 0.2) is 11.3 Å². The Morgan fingerprint density at radius 2 is 0.650 bits per heavy atom. The van der Waals surface area contributed by atoms with Crippen LogP contribution in [0.5, 0.6) is 0 Å². The van der Waals surface area contributed by atoms with E-state index >= 15 is 0 Å². The van der Waals surface area contributed by atoms with Gasteiger partial charge in [-0.1, -0.05) is 194 Å². The number of carbonyl (C=O) groups is 1. The monoisotopic (exact) mass is 561 g/mol. The fourth-order valence-corrected chi connectivity index (χ4v) is 6.28. The highest BCUT2D eigenvalue weighted by Crippen LogP contribution is 2.29. The van der Waals surface area contributed by atoms with Gasteiger partial charge in [-0.15, -0.1) is 0 Å². The topological polar surface area (TPSA) is 26.3 Å². The molecule has 40 heavy (non-hydrogen) atoms. The van der Waals surface area contributed by atoms with Crippen LogP contribution in [0.25, 0.3) is 0 Å². The van der Waals surface area contributed by atoms with Gasteiger partial charge in [0.15, 0.2) is 0 Å². The van der Waals surface area contributed by atoms with Gasteiger partial charge in [-0.05, 0) is 31.3 Å². The van der Waals surface area contributed by atoms with E-state index in [2.05, 4.69) is 13.8 Å². The summed E-state index contributed by atoms with van der Waals surface area (Å²) in [5.41, 5.74) is 1.46. The van der Waals surface area contributed by atoms with Gasteiger partial charge in [-0.2, -0.15) is 0 Å². The van der Waals surface area contributed by atoms with Crippen LogP contribution in [0, 0.1) is 0 Å². The second-order valence-electron chi connectivity index (χ2n) is 13.1. The number of unbranched alkanes of at least 4 members (excludes halogenated alkanes) is 28. The zero-order valence-electron chi connectivity index (χ0n) is 27.7. The van der Waals surface area contributed by atoms with Crippen molar-refractivity contribution in [2.24, 2.45) is 0 Å². The standard InChI is InChI=1S/C38H72O2/c1-3-5-7-9-11-13-15-17-19-20-22-24-26-28-30-32-34-36(37-35-38(39)40-37)33-31-29-27-25-23-21-18-16-14-12-10-8-6-4-2/h3-35H2,1-2H3. The Hall–Kier alpha value is -0.790. The maximum atomic E-state index is 11.4. The molecule has 1 fully saturated rings. The van der Waals surface area contributed by atoms with E-state index in [1.54, 1.807) is 0 Å². The number of cyclic esters (lactones) is 1. The first-order chi connectivity index (χ1) is 19.8. The summed E-state index contributed by atoms with van der Waals surface area (Å²) >= 11 is 0. The molecule has 1 aliphatic heterocycles. The molecule has 1 aliphatic rings. The molecule has 0 radical (unpaired) electrons. The van der Waals surface area contributed by atoms with Crippen LogP contribution in [-0.4, -0.2) is 5.97 Å². The van der Waals surface area contributed by atoms with Crippen molar-refractivity contribution in [2.75, 3.05) is 0 Å². The number of carbonyl (C=O) groups excluding carboxylic acids is 1. The molecule has 0 unspecified atom stereocenters. The molecule has 2 nitrogen and oxygen atoms in total. The summed E-state index contributed by atoms with van der Waals surface area (Å²) in [7, 11) is 0. The first-order valence-electron chi connectivity index (χ1n) is 18.7. The highest BCUT2D eigenvalue weighted by atomic mass is 16.6. The molecular formula is C38H72O2. The van der Waals surface area contributed by atoms with Crippen molar-refractivity contribution in [3.63, 3.8) is 0 Å². The van der Waals surface area contributed by atoms with Gasteiger partial charge in [0, 0.05) is 0 Å². The van der Waals surface area contributed by atoms with Crippen LogP contribution >= 0.6 is 0 Å². The highest BCUT2D eigenvalue weighted by molar-refractivity contribution is 5.80. The Balaban J connectivity index is 1.91. The van der Waals surface area contributed by atoms with E-state index in [1.807, 2.05) is 0 Å². The number of ether oxygens (including phenoxy) is 1. The van der Waals surface area contributed by atoms with Crippen LogP contribution in [-0.2, 0) is 9.53 Å². The van der Waals surface area contributed by atoms with Crippen molar-refractivity contribution < 1.29 is 9.53 Å². The highest BCUT2D eigenvalue weighted by Gasteiger charge is 2.25. The molecule has 0 aromatic rings. The van der Waals surface area contributed by atoms with Gasteiger partial charge in [0.1, 0.15) is 12.2 Å². The summed E-state index contributed by atoms with van der Waals surface area (Å²) in [6, 6.07) is 0. The maximum absolute atomic E-state index is 11.4. The molecule has 2 heteroatoms. The second-order valence-corrected chi connectivity index (χ2v) is 13.1. The molecular weight excluding hydrogens is 488 g/mol. The molecule has 0 atom stereocenters. The van der Waals surface area contributed by atoms with Gasteiger partial charge >= 0.3 is 5.97 Å². The SMILES string of the molecule is CCCCCCCCCCCCCCCCCCC(CCCCCCCCCCCCCCCC)=C1CC(=O)O1. The molecule has 0 bridgehead atoms. The van der Waals surface area contributed by atoms with Crippen molar-refractivity contribution in [3.05, 3.63) is 11.3 Å².